The quantitative estimate of drug-likeness (QED) is 0.619. The van der Waals surface area contributed by atoms with Crippen LogP contribution in [0.5, 0.6) is 0 Å². The van der Waals surface area contributed by atoms with Gasteiger partial charge in [-0.3, -0.25) is 4.79 Å². The van der Waals surface area contributed by atoms with Gasteiger partial charge in [0.2, 0.25) is 0 Å². The van der Waals surface area contributed by atoms with E-state index >= 15 is 0 Å². The van der Waals surface area contributed by atoms with Crippen LogP contribution in [0, 0.1) is 0 Å². The SMILES string of the molecule is CCOC(=O)CCCCCN1CCC(O)c2ccccc21. The average Bonchev–Trinajstić information content (AvgIpc) is 2.49. The lowest BCUT2D eigenvalue weighted by atomic mass is 9.98. The van der Waals surface area contributed by atoms with E-state index in [2.05, 4.69) is 11.0 Å². The number of fused-ring (bicyclic) bond motifs is 1. The van der Waals surface area contributed by atoms with Crippen LogP contribution < -0.4 is 4.90 Å². The van der Waals surface area contributed by atoms with Gasteiger partial charge in [-0.05, 0) is 32.3 Å². The zero-order valence-corrected chi connectivity index (χ0v) is 12.8. The maximum Gasteiger partial charge on any atom is 0.305 e. The third-order valence-corrected chi connectivity index (χ3v) is 3.92. The van der Waals surface area contributed by atoms with Crippen LogP contribution in [-0.4, -0.2) is 30.8 Å². The Bertz CT molecular complexity index is 461. The van der Waals surface area contributed by atoms with Crippen LogP contribution in [0.3, 0.4) is 0 Å². The average molecular weight is 291 g/mol. The van der Waals surface area contributed by atoms with Crippen LogP contribution in [0.25, 0.3) is 0 Å². The van der Waals surface area contributed by atoms with Gasteiger partial charge >= 0.3 is 5.97 Å². The third-order valence-electron chi connectivity index (χ3n) is 3.92. The second-order valence-corrected chi connectivity index (χ2v) is 5.47. The number of aliphatic hydroxyl groups is 1. The van der Waals surface area contributed by atoms with Gasteiger partial charge in [0.15, 0.2) is 0 Å². The van der Waals surface area contributed by atoms with Gasteiger partial charge in [0.25, 0.3) is 0 Å². The van der Waals surface area contributed by atoms with Crippen molar-refractivity contribution in [1.82, 2.24) is 0 Å². The summed E-state index contributed by atoms with van der Waals surface area (Å²) >= 11 is 0. The summed E-state index contributed by atoms with van der Waals surface area (Å²) in [7, 11) is 0. The number of nitrogens with zero attached hydrogens (tertiary/aromatic N) is 1. The highest BCUT2D eigenvalue weighted by Gasteiger charge is 2.22. The van der Waals surface area contributed by atoms with E-state index in [0.717, 1.165) is 50.0 Å². The summed E-state index contributed by atoms with van der Waals surface area (Å²) in [4.78, 5) is 13.6. The Balaban J connectivity index is 1.75. The van der Waals surface area contributed by atoms with Crippen molar-refractivity contribution in [3.8, 4) is 0 Å². The van der Waals surface area contributed by atoms with Crippen molar-refractivity contribution >= 4 is 11.7 Å². The van der Waals surface area contributed by atoms with E-state index in [9.17, 15) is 9.90 Å². The van der Waals surface area contributed by atoms with Gasteiger partial charge in [-0.1, -0.05) is 24.6 Å². The molecule has 21 heavy (non-hydrogen) atoms. The van der Waals surface area contributed by atoms with Gasteiger partial charge in [-0.15, -0.1) is 0 Å². The normalized spacial score (nSPS) is 17.4. The van der Waals surface area contributed by atoms with Gasteiger partial charge in [-0.2, -0.15) is 0 Å². The number of hydrogen-bond acceptors (Lipinski definition) is 4. The predicted octanol–water partition coefficient (Wildman–Crippen LogP) is 3.05. The second kappa shape index (κ2) is 8.03. The van der Waals surface area contributed by atoms with Crippen LogP contribution in [0.2, 0.25) is 0 Å². The smallest absolute Gasteiger partial charge is 0.305 e. The molecule has 0 saturated heterocycles. The summed E-state index contributed by atoms with van der Waals surface area (Å²) in [6, 6.07) is 8.08. The summed E-state index contributed by atoms with van der Waals surface area (Å²) in [5, 5.41) is 10.0. The lowest BCUT2D eigenvalue weighted by Gasteiger charge is -2.33. The summed E-state index contributed by atoms with van der Waals surface area (Å²) in [6.07, 6.45) is 3.95. The van der Waals surface area contributed by atoms with Gasteiger partial charge in [-0.25, -0.2) is 0 Å². The van der Waals surface area contributed by atoms with Gasteiger partial charge in [0, 0.05) is 30.8 Å². The Hall–Kier alpha value is -1.55. The summed E-state index contributed by atoms with van der Waals surface area (Å²) in [5.41, 5.74) is 2.19. The standard InChI is InChI=1S/C17H25NO3/c1-2-21-17(20)10-4-3-7-12-18-13-11-16(19)14-8-5-6-9-15(14)18/h5-6,8-9,16,19H,2-4,7,10-13H2,1H3. The van der Waals surface area contributed by atoms with Crippen molar-refractivity contribution in [3.63, 3.8) is 0 Å². The van der Waals surface area contributed by atoms with Crippen molar-refractivity contribution in [2.45, 2.75) is 45.1 Å². The van der Waals surface area contributed by atoms with E-state index in [1.807, 2.05) is 25.1 Å². The molecular formula is C17H25NO3. The number of unbranched alkanes of at least 4 members (excludes halogenated alkanes) is 2. The molecule has 1 aromatic rings. The minimum absolute atomic E-state index is 0.0936. The van der Waals surface area contributed by atoms with E-state index in [-0.39, 0.29) is 12.1 Å². The van der Waals surface area contributed by atoms with Crippen molar-refractivity contribution in [3.05, 3.63) is 29.8 Å². The number of para-hydroxylation sites is 1. The molecule has 1 aromatic carbocycles. The highest BCUT2D eigenvalue weighted by Crippen LogP contribution is 2.33. The fourth-order valence-corrected chi connectivity index (χ4v) is 2.83. The number of esters is 1. The molecule has 0 aliphatic carbocycles. The molecule has 1 heterocycles. The second-order valence-electron chi connectivity index (χ2n) is 5.47. The molecule has 0 spiro atoms. The fraction of sp³-hybridized carbons (Fsp3) is 0.588. The number of aliphatic hydroxyl groups excluding tert-OH is 1. The Morgan fingerprint density at radius 2 is 2.14 bits per heavy atom. The molecule has 0 saturated carbocycles. The molecule has 1 aliphatic rings. The van der Waals surface area contributed by atoms with E-state index in [1.54, 1.807) is 0 Å². The molecule has 1 aliphatic heterocycles. The Morgan fingerprint density at radius 1 is 1.33 bits per heavy atom. The highest BCUT2D eigenvalue weighted by molar-refractivity contribution is 5.69. The molecule has 4 heteroatoms. The van der Waals surface area contributed by atoms with Crippen molar-refractivity contribution in [2.24, 2.45) is 0 Å². The van der Waals surface area contributed by atoms with Crippen LogP contribution in [0.4, 0.5) is 5.69 Å². The first-order valence-electron chi connectivity index (χ1n) is 7.90. The molecule has 1 atom stereocenters. The van der Waals surface area contributed by atoms with E-state index in [0.29, 0.717) is 13.0 Å². The Kier molecular flexibility index (Phi) is 6.05. The fourth-order valence-electron chi connectivity index (χ4n) is 2.83. The molecule has 0 amide bonds. The predicted molar refractivity (Wildman–Crippen MR) is 83.3 cm³/mol. The van der Waals surface area contributed by atoms with Crippen LogP contribution in [0.15, 0.2) is 24.3 Å². The van der Waals surface area contributed by atoms with E-state index in [4.69, 9.17) is 4.74 Å². The number of benzene rings is 1. The molecule has 0 bridgehead atoms. The monoisotopic (exact) mass is 291 g/mol. The van der Waals surface area contributed by atoms with Crippen LogP contribution in [0.1, 0.15) is 50.7 Å². The zero-order chi connectivity index (χ0) is 15.1. The summed E-state index contributed by atoms with van der Waals surface area (Å²) in [6.45, 7) is 4.18. The molecular weight excluding hydrogens is 266 g/mol. The molecule has 2 rings (SSSR count). The maximum atomic E-state index is 11.2. The van der Waals surface area contributed by atoms with E-state index < -0.39 is 0 Å². The molecule has 1 unspecified atom stereocenters. The summed E-state index contributed by atoms with van der Waals surface area (Å²) < 4.78 is 4.92. The number of hydrogen-bond donors (Lipinski definition) is 1. The van der Waals surface area contributed by atoms with Crippen molar-refractivity contribution in [1.29, 1.82) is 0 Å². The van der Waals surface area contributed by atoms with Gasteiger partial charge in [0.1, 0.15) is 0 Å². The molecule has 116 valence electrons. The third kappa shape index (κ3) is 4.46. The first-order valence-corrected chi connectivity index (χ1v) is 7.90. The van der Waals surface area contributed by atoms with Gasteiger partial charge < -0.3 is 14.7 Å². The molecule has 0 fully saturated rings. The topological polar surface area (TPSA) is 49.8 Å². The minimum Gasteiger partial charge on any atom is -0.466 e. The lowest BCUT2D eigenvalue weighted by Crippen LogP contribution is -2.32. The maximum absolute atomic E-state index is 11.2. The Morgan fingerprint density at radius 3 is 2.95 bits per heavy atom. The van der Waals surface area contributed by atoms with Crippen molar-refractivity contribution in [2.75, 3.05) is 24.6 Å². The number of anilines is 1. The number of carbonyl (C=O) groups is 1. The van der Waals surface area contributed by atoms with Gasteiger partial charge in [0.05, 0.1) is 12.7 Å². The van der Waals surface area contributed by atoms with E-state index in [1.165, 1.54) is 0 Å². The molecule has 0 aromatic heterocycles. The first kappa shape index (κ1) is 15.8. The molecule has 1 N–H and O–H groups in total. The van der Waals surface area contributed by atoms with Crippen LogP contribution in [-0.2, 0) is 9.53 Å². The number of rotatable bonds is 7. The zero-order valence-electron chi connectivity index (χ0n) is 12.8. The minimum atomic E-state index is -0.332. The Labute approximate surface area is 126 Å². The lowest BCUT2D eigenvalue weighted by molar-refractivity contribution is -0.143. The number of carbonyl (C=O) groups excluding carboxylic acids is 1. The first-order chi connectivity index (χ1) is 10.2. The largest absolute Gasteiger partial charge is 0.466 e. The summed E-state index contributed by atoms with van der Waals surface area (Å²) in [5.74, 6) is -0.0936. The molecule has 4 nitrogen and oxygen atoms in total. The number of ether oxygens (including phenoxy) is 1. The van der Waals surface area contributed by atoms with Crippen molar-refractivity contribution < 1.29 is 14.6 Å². The van der Waals surface area contributed by atoms with Crippen LogP contribution >= 0.6 is 0 Å². The molecule has 0 radical (unpaired) electrons. The highest BCUT2D eigenvalue weighted by atomic mass is 16.5.